The summed E-state index contributed by atoms with van der Waals surface area (Å²) in [5.41, 5.74) is 8.07. The van der Waals surface area contributed by atoms with Crippen LogP contribution < -0.4 is 25.2 Å². The Bertz CT molecular complexity index is 2770. The van der Waals surface area contributed by atoms with Crippen molar-refractivity contribution in [2.75, 3.05) is 59.8 Å². The molecule has 8 aromatic rings. The van der Waals surface area contributed by atoms with Crippen LogP contribution in [-0.4, -0.2) is 84.4 Å². The molecule has 0 bridgehead atoms. The SMILES string of the molecule is Cc1c[nH]c2cccc(CNc3cnc4ccc(N5CCC(CO)(COc6cc7ccc(CNc8cnc9ccc(N%10CCCCC%10)nc9n8)cc7[nH]6)CC5)nc4n3)c12. The van der Waals surface area contributed by atoms with E-state index in [1.807, 2.05) is 36.5 Å². The second kappa shape index (κ2) is 15.7. The van der Waals surface area contributed by atoms with Crippen molar-refractivity contribution in [1.82, 2.24) is 39.9 Å². The molecule has 0 atom stereocenters. The van der Waals surface area contributed by atoms with E-state index in [1.54, 1.807) is 12.4 Å². The Hall–Kier alpha value is -6.54. The molecule has 0 spiro atoms. The molecule has 0 amide bonds. The fourth-order valence-corrected chi connectivity index (χ4v) is 8.52. The van der Waals surface area contributed by atoms with Crippen LogP contribution in [0.2, 0.25) is 0 Å². The number of nitrogens with zero attached hydrogens (tertiary/aromatic N) is 8. The maximum Gasteiger partial charge on any atom is 0.191 e. The summed E-state index contributed by atoms with van der Waals surface area (Å²) in [6.45, 7) is 7.35. The lowest BCUT2D eigenvalue weighted by Crippen LogP contribution is -2.45. The highest BCUT2D eigenvalue weighted by Gasteiger charge is 2.36. The average molecular weight is 789 g/mol. The van der Waals surface area contributed by atoms with E-state index in [0.29, 0.717) is 48.5 Å². The van der Waals surface area contributed by atoms with Crippen LogP contribution in [0.4, 0.5) is 23.3 Å². The van der Waals surface area contributed by atoms with Crippen molar-refractivity contribution in [1.29, 1.82) is 0 Å². The molecule has 0 aliphatic carbocycles. The van der Waals surface area contributed by atoms with Gasteiger partial charge in [0.15, 0.2) is 17.2 Å². The third-order valence-corrected chi connectivity index (χ3v) is 12.1. The first-order valence-electron chi connectivity index (χ1n) is 20.6. The molecule has 59 heavy (non-hydrogen) atoms. The molecular weight excluding hydrogens is 741 g/mol. The van der Waals surface area contributed by atoms with Crippen molar-refractivity contribution in [3.8, 4) is 5.88 Å². The van der Waals surface area contributed by atoms with Crippen LogP contribution in [0.25, 0.3) is 44.1 Å². The Balaban J connectivity index is 0.749. The summed E-state index contributed by atoms with van der Waals surface area (Å²) in [7, 11) is 0. The van der Waals surface area contributed by atoms with Crippen molar-refractivity contribution >= 4 is 67.4 Å². The normalized spacial score (nSPS) is 15.7. The predicted molar refractivity (Wildman–Crippen MR) is 233 cm³/mol. The Kier molecular flexibility index (Phi) is 9.76. The highest BCUT2D eigenvalue weighted by atomic mass is 16.5. The number of rotatable bonds is 12. The number of fused-ring (bicyclic) bond motifs is 4. The van der Waals surface area contributed by atoms with Crippen LogP contribution in [0.15, 0.2) is 85.3 Å². The van der Waals surface area contributed by atoms with Gasteiger partial charge in [-0.25, -0.2) is 29.9 Å². The third kappa shape index (κ3) is 7.63. The Morgan fingerprint density at radius 3 is 2.15 bits per heavy atom. The number of pyridine rings is 2. The van der Waals surface area contributed by atoms with Gasteiger partial charge < -0.3 is 40.2 Å². The van der Waals surface area contributed by atoms with Crippen LogP contribution in [0.5, 0.6) is 5.88 Å². The number of nitrogens with one attached hydrogen (secondary N) is 4. The van der Waals surface area contributed by atoms with Gasteiger partial charge in [-0.15, -0.1) is 0 Å². The minimum atomic E-state index is -0.360. The van der Waals surface area contributed by atoms with Gasteiger partial charge in [-0.3, -0.25) is 0 Å². The van der Waals surface area contributed by atoms with E-state index in [4.69, 9.17) is 24.7 Å². The van der Waals surface area contributed by atoms with E-state index in [0.717, 1.165) is 83.7 Å². The monoisotopic (exact) mass is 788 g/mol. The molecule has 0 unspecified atom stereocenters. The van der Waals surface area contributed by atoms with Crippen molar-refractivity contribution in [3.63, 3.8) is 0 Å². The number of aliphatic hydroxyl groups excluding tert-OH is 1. The number of ether oxygens (including phenoxy) is 1. The molecular formula is C45H48N12O2. The van der Waals surface area contributed by atoms with Gasteiger partial charge in [0.05, 0.1) is 25.6 Å². The van der Waals surface area contributed by atoms with E-state index in [-0.39, 0.29) is 12.0 Å². The lowest BCUT2D eigenvalue weighted by atomic mass is 9.80. The fourth-order valence-electron chi connectivity index (χ4n) is 8.52. The molecule has 2 saturated heterocycles. The quantitative estimate of drug-likeness (QED) is 0.0828. The fraction of sp³-hybridized carbons (Fsp3) is 0.333. The number of anilines is 4. The number of aryl methyl sites for hydroxylation is 1. The summed E-state index contributed by atoms with van der Waals surface area (Å²) in [5, 5.41) is 19.8. The zero-order chi connectivity index (χ0) is 39.8. The van der Waals surface area contributed by atoms with E-state index in [1.165, 1.54) is 35.8 Å². The summed E-state index contributed by atoms with van der Waals surface area (Å²) in [4.78, 5) is 40.0. The largest absolute Gasteiger partial charge is 0.478 e. The molecule has 2 fully saturated rings. The van der Waals surface area contributed by atoms with Crippen LogP contribution in [0.1, 0.15) is 48.8 Å². The summed E-state index contributed by atoms with van der Waals surface area (Å²) in [6, 6.07) is 22.7. The Morgan fingerprint density at radius 2 is 1.44 bits per heavy atom. The maximum atomic E-state index is 10.6. The molecule has 2 aliphatic rings. The van der Waals surface area contributed by atoms with E-state index in [9.17, 15) is 5.11 Å². The zero-order valence-electron chi connectivity index (χ0n) is 33.2. The molecule has 2 aromatic carbocycles. The first-order valence-corrected chi connectivity index (χ1v) is 20.6. The second-order valence-corrected chi connectivity index (χ2v) is 16.1. The van der Waals surface area contributed by atoms with E-state index < -0.39 is 0 Å². The first-order chi connectivity index (χ1) is 29.0. The molecule has 300 valence electrons. The minimum Gasteiger partial charge on any atom is -0.478 e. The summed E-state index contributed by atoms with van der Waals surface area (Å²) >= 11 is 0. The van der Waals surface area contributed by atoms with Gasteiger partial charge >= 0.3 is 0 Å². The van der Waals surface area contributed by atoms with Gasteiger partial charge in [-0.2, -0.15) is 0 Å². The number of hydrogen-bond donors (Lipinski definition) is 5. The molecule has 5 N–H and O–H groups in total. The Labute approximate surface area is 341 Å². The number of aromatic amines is 2. The molecule has 6 aromatic heterocycles. The van der Waals surface area contributed by atoms with Gasteiger partial charge in [0.1, 0.15) is 34.3 Å². The van der Waals surface area contributed by atoms with Crippen molar-refractivity contribution in [3.05, 3.63) is 102 Å². The molecule has 8 heterocycles. The molecule has 2 aliphatic heterocycles. The molecule has 14 nitrogen and oxygen atoms in total. The van der Waals surface area contributed by atoms with E-state index >= 15 is 0 Å². The van der Waals surface area contributed by atoms with Crippen LogP contribution in [0, 0.1) is 12.3 Å². The van der Waals surface area contributed by atoms with E-state index in [2.05, 4.69) is 83.7 Å². The molecule has 0 saturated carbocycles. The average Bonchev–Trinajstić information content (AvgIpc) is 3.89. The second-order valence-electron chi connectivity index (χ2n) is 16.1. The summed E-state index contributed by atoms with van der Waals surface area (Å²) < 4.78 is 6.36. The molecule has 10 rings (SSSR count). The van der Waals surface area contributed by atoms with Crippen molar-refractivity contribution in [2.45, 2.75) is 52.1 Å². The van der Waals surface area contributed by atoms with Gasteiger partial charge in [-0.05, 0) is 92.1 Å². The highest BCUT2D eigenvalue weighted by Crippen LogP contribution is 2.35. The van der Waals surface area contributed by atoms with Gasteiger partial charge in [0, 0.05) is 78.8 Å². The topological polar surface area (TPSA) is 169 Å². The molecule has 0 radical (unpaired) electrons. The standard InChI is InChI=1S/C45H48N12O2/c1-29-22-46-33-7-5-6-32(42(29)33)24-50-38-26-48-35-11-13-40(55-44(35)53-38)57-18-14-45(27-58,15-19-57)28-59-41-21-31-9-8-30(20-36(31)51-41)23-49-37-25-47-34-10-12-39(54-43(34)52-37)56-16-3-2-4-17-56/h5-13,20-22,25-26,46,51,58H,2-4,14-19,23-24,27-28H2,1H3,(H,49,52,54)(H,50,53,55). The van der Waals surface area contributed by atoms with Gasteiger partial charge in [0.2, 0.25) is 0 Å². The van der Waals surface area contributed by atoms with Crippen LogP contribution in [0.3, 0.4) is 0 Å². The number of aromatic nitrogens is 8. The van der Waals surface area contributed by atoms with Crippen LogP contribution >= 0.6 is 0 Å². The summed E-state index contributed by atoms with van der Waals surface area (Å²) in [5.74, 6) is 3.89. The minimum absolute atomic E-state index is 0.0469. The number of H-pyrrole nitrogens is 2. The lowest BCUT2D eigenvalue weighted by Gasteiger charge is -2.40. The third-order valence-electron chi connectivity index (χ3n) is 12.1. The lowest BCUT2D eigenvalue weighted by molar-refractivity contribution is 0.0428. The first kappa shape index (κ1) is 36.8. The maximum absolute atomic E-state index is 10.6. The zero-order valence-corrected chi connectivity index (χ0v) is 33.2. The van der Waals surface area contributed by atoms with Gasteiger partial charge in [0.25, 0.3) is 0 Å². The van der Waals surface area contributed by atoms with Crippen molar-refractivity contribution in [2.24, 2.45) is 5.41 Å². The smallest absolute Gasteiger partial charge is 0.191 e. The molecule has 14 heteroatoms. The number of hydrogen-bond acceptors (Lipinski definition) is 12. The summed E-state index contributed by atoms with van der Waals surface area (Å²) in [6.07, 6.45) is 10.8. The van der Waals surface area contributed by atoms with Crippen LogP contribution in [-0.2, 0) is 13.1 Å². The number of benzene rings is 2. The number of aliphatic hydroxyl groups is 1. The van der Waals surface area contributed by atoms with Crippen molar-refractivity contribution < 1.29 is 9.84 Å². The Morgan fingerprint density at radius 1 is 0.746 bits per heavy atom. The number of piperidine rings is 2. The predicted octanol–water partition coefficient (Wildman–Crippen LogP) is 7.51. The highest BCUT2D eigenvalue weighted by molar-refractivity contribution is 5.87. The van der Waals surface area contributed by atoms with Gasteiger partial charge in [-0.1, -0.05) is 24.3 Å².